The van der Waals surface area contributed by atoms with E-state index in [9.17, 15) is 14.4 Å². The smallest absolute Gasteiger partial charge is 0.339 e. The summed E-state index contributed by atoms with van der Waals surface area (Å²) < 4.78 is 10.3. The van der Waals surface area contributed by atoms with Gasteiger partial charge in [-0.05, 0) is 26.0 Å². The van der Waals surface area contributed by atoms with E-state index in [-0.39, 0.29) is 39.4 Å². The van der Waals surface area contributed by atoms with Crippen molar-refractivity contribution in [3.8, 4) is 5.75 Å². The Bertz CT molecular complexity index is 738. The number of rotatable bonds is 3. The van der Waals surface area contributed by atoms with Gasteiger partial charge in [-0.25, -0.2) is 4.79 Å². The van der Waals surface area contributed by atoms with Gasteiger partial charge in [0.1, 0.15) is 22.7 Å². The van der Waals surface area contributed by atoms with Crippen molar-refractivity contribution < 1.29 is 28.6 Å². The lowest BCUT2D eigenvalue weighted by Gasteiger charge is -2.06. The molecule has 20 heavy (non-hydrogen) atoms. The molecule has 1 heterocycles. The first-order chi connectivity index (χ1) is 9.31. The topological polar surface area (TPSA) is 93.8 Å². The maximum absolute atomic E-state index is 11.6. The van der Waals surface area contributed by atoms with Crippen molar-refractivity contribution in [3.05, 3.63) is 29.0 Å². The van der Waals surface area contributed by atoms with E-state index in [0.717, 1.165) is 0 Å². The first kappa shape index (κ1) is 13.8. The maximum atomic E-state index is 11.6. The average molecular weight is 276 g/mol. The van der Waals surface area contributed by atoms with Crippen LogP contribution in [0.1, 0.15) is 40.3 Å². The molecule has 104 valence electrons. The summed E-state index contributed by atoms with van der Waals surface area (Å²) in [4.78, 5) is 33.9. The highest BCUT2D eigenvalue weighted by molar-refractivity contribution is 6.07. The van der Waals surface area contributed by atoms with Crippen LogP contribution in [0.2, 0.25) is 0 Å². The van der Waals surface area contributed by atoms with Gasteiger partial charge in [-0.2, -0.15) is 0 Å². The monoisotopic (exact) mass is 276 g/mol. The first-order valence-electron chi connectivity index (χ1n) is 5.81. The Morgan fingerprint density at radius 3 is 2.35 bits per heavy atom. The molecule has 0 unspecified atom stereocenters. The first-order valence-corrected chi connectivity index (χ1v) is 5.81. The molecule has 0 spiro atoms. The number of benzene rings is 1. The van der Waals surface area contributed by atoms with E-state index in [4.69, 9.17) is 14.3 Å². The van der Waals surface area contributed by atoms with Gasteiger partial charge in [0, 0.05) is 12.3 Å². The minimum atomic E-state index is -1.15. The van der Waals surface area contributed by atoms with Crippen LogP contribution in [0, 0.1) is 6.92 Å². The van der Waals surface area contributed by atoms with E-state index >= 15 is 0 Å². The average Bonchev–Trinajstić information content (AvgIpc) is 2.62. The molecule has 0 aliphatic rings. The lowest BCUT2D eigenvalue weighted by Crippen LogP contribution is -2.06. The number of aromatic carboxylic acids is 1. The predicted molar refractivity (Wildman–Crippen MR) is 69.2 cm³/mol. The van der Waals surface area contributed by atoms with Gasteiger partial charge in [-0.1, -0.05) is 0 Å². The zero-order chi connectivity index (χ0) is 15.0. The summed E-state index contributed by atoms with van der Waals surface area (Å²) in [6, 6.07) is 2.72. The third-order valence-electron chi connectivity index (χ3n) is 2.81. The minimum Gasteiger partial charge on any atom is -0.478 e. The van der Waals surface area contributed by atoms with Gasteiger partial charge in [0.15, 0.2) is 5.78 Å². The number of carboxylic acids is 1. The molecule has 0 aliphatic carbocycles. The Kier molecular flexibility index (Phi) is 3.31. The molecule has 0 saturated heterocycles. The Labute approximate surface area is 113 Å². The molecule has 0 atom stereocenters. The van der Waals surface area contributed by atoms with Crippen LogP contribution in [0.25, 0.3) is 11.0 Å². The van der Waals surface area contributed by atoms with Crippen LogP contribution in [-0.4, -0.2) is 22.8 Å². The number of hydrogen-bond donors (Lipinski definition) is 1. The summed E-state index contributed by atoms with van der Waals surface area (Å²) in [5, 5.41) is 9.46. The molecule has 1 aromatic heterocycles. The van der Waals surface area contributed by atoms with Gasteiger partial charge in [-0.3, -0.25) is 9.59 Å². The Hall–Kier alpha value is -2.63. The van der Waals surface area contributed by atoms with Crippen LogP contribution >= 0.6 is 0 Å². The molecule has 6 heteroatoms. The fraction of sp³-hybridized carbons (Fsp3) is 0.214. The molecule has 2 aromatic rings. The number of carbonyl (C=O) groups is 3. The van der Waals surface area contributed by atoms with Gasteiger partial charge < -0.3 is 14.3 Å². The van der Waals surface area contributed by atoms with Crippen LogP contribution in [-0.2, 0) is 4.79 Å². The number of Topliss-reactive ketones (excluding diaryl/α,β-unsaturated/α-hetero) is 1. The highest BCUT2D eigenvalue weighted by Gasteiger charge is 2.21. The van der Waals surface area contributed by atoms with E-state index in [0.29, 0.717) is 0 Å². The largest absolute Gasteiger partial charge is 0.478 e. The van der Waals surface area contributed by atoms with Crippen LogP contribution < -0.4 is 4.74 Å². The summed E-state index contributed by atoms with van der Waals surface area (Å²) >= 11 is 0. The normalized spacial score (nSPS) is 10.6. The zero-order valence-corrected chi connectivity index (χ0v) is 11.1. The molecular formula is C14H12O6. The second kappa shape index (κ2) is 4.80. The van der Waals surface area contributed by atoms with Gasteiger partial charge in [0.2, 0.25) is 0 Å². The number of aryl methyl sites for hydroxylation is 1. The van der Waals surface area contributed by atoms with Gasteiger partial charge in [0.25, 0.3) is 0 Å². The summed E-state index contributed by atoms with van der Waals surface area (Å²) in [6.45, 7) is 4.04. The van der Waals surface area contributed by atoms with Crippen molar-refractivity contribution in [2.45, 2.75) is 20.8 Å². The van der Waals surface area contributed by atoms with Gasteiger partial charge in [-0.15, -0.1) is 0 Å². The second-order valence-corrected chi connectivity index (χ2v) is 4.33. The third kappa shape index (κ3) is 2.27. The Balaban J connectivity index is 2.78. The van der Waals surface area contributed by atoms with Crippen molar-refractivity contribution in [2.24, 2.45) is 0 Å². The van der Waals surface area contributed by atoms with E-state index in [2.05, 4.69) is 0 Å². The lowest BCUT2D eigenvalue weighted by molar-refractivity contribution is -0.131. The number of carbonyl (C=O) groups excluding carboxylic acids is 2. The zero-order valence-electron chi connectivity index (χ0n) is 11.1. The van der Waals surface area contributed by atoms with Gasteiger partial charge in [0.05, 0.1) is 5.56 Å². The molecule has 0 fully saturated rings. The molecule has 2 rings (SSSR count). The summed E-state index contributed by atoms with van der Waals surface area (Å²) in [7, 11) is 0. The van der Waals surface area contributed by atoms with Crippen molar-refractivity contribution in [2.75, 3.05) is 0 Å². The molecule has 0 bridgehead atoms. The summed E-state index contributed by atoms with van der Waals surface area (Å²) in [5.74, 6) is -1.80. The van der Waals surface area contributed by atoms with Crippen molar-refractivity contribution >= 4 is 28.7 Å². The molecule has 0 aliphatic heterocycles. The van der Waals surface area contributed by atoms with E-state index in [1.807, 2.05) is 0 Å². The standard InChI is InChI=1S/C14H12O6/c1-6(15)9-4-12-10(5-11(9)20-8(3)16)13(14(17)18)7(2)19-12/h4-5H,1-3H3,(H,17,18). The molecule has 1 N–H and O–H groups in total. The predicted octanol–water partition coefficient (Wildman–Crippen LogP) is 2.57. The molecule has 0 saturated carbocycles. The maximum Gasteiger partial charge on any atom is 0.339 e. The number of furan rings is 1. The van der Waals surface area contributed by atoms with Crippen LogP contribution in [0.5, 0.6) is 5.75 Å². The van der Waals surface area contributed by atoms with E-state index in [1.54, 1.807) is 0 Å². The fourth-order valence-corrected chi connectivity index (χ4v) is 2.03. The molecule has 0 amide bonds. The number of ether oxygens (including phenoxy) is 1. The Morgan fingerprint density at radius 2 is 1.85 bits per heavy atom. The van der Waals surface area contributed by atoms with Crippen molar-refractivity contribution in [3.63, 3.8) is 0 Å². The number of ketones is 1. The third-order valence-corrected chi connectivity index (χ3v) is 2.81. The number of carboxylic acid groups (broad SMARTS) is 1. The molecule has 6 nitrogen and oxygen atoms in total. The summed E-state index contributed by atoms with van der Waals surface area (Å²) in [5.41, 5.74) is 0.419. The lowest BCUT2D eigenvalue weighted by atomic mass is 10.1. The number of fused-ring (bicyclic) bond motifs is 1. The quantitative estimate of drug-likeness (QED) is 0.526. The SMILES string of the molecule is CC(=O)Oc1cc2c(C(=O)O)c(C)oc2cc1C(C)=O. The van der Waals surface area contributed by atoms with Crippen molar-refractivity contribution in [1.29, 1.82) is 0 Å². The highest BCUT2D eigenvalue weighted by Crippen LogP contribution is 2.32. The molecule has 0 radical (unpaired) electrons. The highest BCUT2D eigenvalue weighted by atomic mass is 16.5. The summed E-state index contributed by atoms with van der Waals surface area (Å²) in [6.07, 6.45) is 0. The number of esters is 1. The van der Waals surface area contributed by atoms with Gasteiger partial charge >= 0.3 is 11.9 Å². The fourth-order valence-electron chi connectivity index (χ4n) is 2.03. The van der Waals surface area contributed by atoms with Crippen LogP contribution in [0.15, 0.2) is 16.5 Å². The van der Waals surface area contributed by atoms with Crippen LogP contribution in [0.4, 0.5) is 0 Å². The molecular weight excluding hydrogens is 264 g/mol. The van der Waals surface area contributed by atoms with Crippen LogP contribution in [0.3, 0.4) is 0 Å². The van der Waals surface area contributed by atoms with E-state index < -0.39 is 11.9 Å². The number of hydrogen-bond acceptors (Lipinski definition) is 5. The van der Waals surface area contributed by atoms with E-state index in [1.165, 1.54) is 32.9 Å². The minimum absolute atomic E-state index is 0.0106. The molecule has 1 aromatic carbocycles. The van der Waals surface area contributed by atoms with Crippen molar-refractivity contribution in [1.82, 2.24) is 0 Å². The Morgan fingerprint density at radius 1 is 1.20 bits per heavy atom. The second-order valence-electron chi connectivity index (χ2n) is 4.33.